The van der Waals surface area contributed by atoms with Gasteiger partial charge in [-0.05, 0) is 26.6 Å². The monoisotopic (exact) mass is 359 g/mol. The molecule has 0 N–H and O–H groups in total. The number of Topliss-reactive ketones (excluding diaryl/α,β-unsaturated/α-hetero) is 2. The molecule has 0 heterocycles. The first-order valence-corrected chi connectivity index (χ1v) is 9.16. The molecule has 3 rings (SSSR count). The van der Waals surface area contributed by atoms with Gasteiger partial charge in [0.1, 0.15) is 5.92 Å². The Balaban J connectivity index is 2.05. The molecule has 2 aromatic carbocycles. The van der Waals surface area contributed by atoms with E-state index in [1.54, 1.807) is 12.1 Å². The molecule has 0 spiro atoms. The Morgan fingerprint density at radius 3 is 2.11 bits per heavy atom. The number of ketones is 2. The summed E-state index contributed by atoms with van der Waals surface area (Å²) in [6, 6.07) is 18.4. The van der Waals surface area contributed by atoms with Crippen molar-refractivity contribution < 1.29 is 9.59 Å². The van der Waals surface area contributed by atoms with Crippen molar-refractivity contribution in [3.8, 4) is 0 Å². The van der Waals surface area contributed by atoms with Crippen molar-refractivity contribution in [3.05, 3.63) is 96.1 Å². The SMILES string of the molecule is CN(C)C1(C)C=CC=CC1C(=O)C(C(=O)c1ccccc1)c1ccccc1. The fourth-order valence-electron chi connectivity index (χ4n) is 3.57. The summed E-state index contributed by atoms with van der Waals surface area (Å²) in [4.78, 5) is 29.1. The zero-order valence-electron chi connectivity index (χ0n) is 16.0. The largest absolute Gasteiger partial charge is 0.300 e. The molecule has 0 aromatic heterocycles. The van der Waals surface area contributed by atoms with Crippen LogP contribution < -0.4 is 0 Å². The van der Waals surface area contributed by atoms with Crippen LogP contribution in [0.5, 0.6) is 0 Å². The summed E-state index contributed by atoms with van der Waals surface area (Å²) < 4.78 is 0. The van der Waals surface area contributed by atoms with Crippen molar-refractivity contribution in [3.63, 3.8) is 0 Å². The van der Waals surface area contributed by atoms with Crippen LogP contribution in [0, 0.1) is 5.92 Å². The third-order valence-corrected chi connectivity index (χ3v) is 5.49. The van der Waals surface area contributed by atoms with Crippen LogP contribution >= 0.6 is 0 Å². The third kappa shape index (κ3) is 3.69. The summed E-state index contributed by atoms with van der Waals surface area (Å²) in [6.45, 7) is 2.03. The molecule has 1 aliphatic rings. The molecule has 138 valence electrons. The maximum absolute atomic E-state index is 13.7. The minimum Gasteiger partial charge on any atom is -0.300 e. The van der Waals surface area contributed by atoms with Crippen LogP contribution in [0.4, 0.5) is 0 Å². The van der Waals surface area contributed by atoms with Crippen molar-refractivity contribution >= 4 is 11.6 Å². The van der Waals surface area contributed by atoms with Gasteiger partial charge in [-0.3, -0.25) is 14.5 Å². The Labute approximate surface area is 161 Å². The van der Waals surface area contributed by atoms with Crippen LogP contribution in [-0.2, 0) is 4.79 Å². The first-order chi connectivity index (χ1) is 12.9. The van der Waals surface area contributed by atoms with E-state index in [4.69, 9.17) is 0 Å². The quantitative estimate of drug-likeness (QED) is 0.570. The molecule has 0 radical (unpaired) electrons. The van der Waals surface area contributed by atoms with E-state index in [-0.39, 0.29) is 11.6 Å². The Morgan fingerprint density at radius 1 is 0.926 bits per heavy atom. The molecule has 2 aromatic rings. The lowest BCUT2D eigenvalue weighted by Crippen LogP contribution is -2.51. The average molecular weight is 359 g/mol. The number of allylic oxidation sites excluding steroid dienone is 2. The number of hydrogen-bond acceptors (Lipinski definition) is 3. The summed E-state index contributed by atoms with van der Waals surface area (Å²) in [5.41, 5.74) is 0.817. The maximum Gasteiger partial charge on any atom is 0.177 e. The van der Waals surface area contributed by atoms with Gasteiger partial charge in [0.2, 0.25) is 0 Å². The van der Waals surface area contributed by atoms with E-state index < -0.39 is 17.4 Å². The summed E-state index contributed by atoms with van der Waals surface area (Å²) >= 11 is 0. The zero-order valence-corrected chi connectivity index (χ0v) is 16.0. The van der Waals surface area contributed by atoms with Gasteiger partial charge < -0.3 is 0 Å². The second-order valence-corrected chi connectivity index (χ2v) is 7.32. The molecule has 0 saturated carbocycles. The van der Waals surface area contributed by atoms with E-state index in [0.29, 0.717) is 5.56 Å². The fourth-order valence-corrected chi connectivity index (χ4v) is 3.57. The van der Waals surface area contributed by atoms with Crippen LogP contribution in [0.1, 0.15) is 28.8 Å². The molecular formula is C24H25NO2. The van der Waals surface area contributed by atoms with Crippen LogP contribution in [0.2, 0.25) is 0 Å². The number of rotatable bonds is 6. The summed E-state index contributed by atoms with van der Waals surface area (Å²) in [5.74, 6) is -1.47. The number of hydrogen-bond donors (Lipinski definition) is 0. The molecule has 0 aliphatic heterocycles. The van der Waals surface area contributed by atoms with Crippen molar-refractivity contribution in [2.24, 2.45) is 5.92 Å². The van der Waals surface area contributed by atoms with Gasteiger partial charge in [-0.2, -0.15) is 0 Å². The van der Waals surface area contributed by atoms with Gasteiger partial charge >= 0.3 is 0 Å². The van der Waals surface area contributed by atoms with Crippen molar-refractivity contribution in [1.29, 1.82) is 0 Å². The molecule has 0 amide bonds. The summed E-state index contributed by atoms with van der Waals surface area (Å²) in [5, 5.41) is 0. The first kappa shape index (κ1) is 19.0. The molecule has 3 atom stereocenters. The molecule has 1 aliphatic carbocycles. The number of nitrogens with zero attached hydrogens (tertiary/aromatic N) is 1. The van der Waals surface area contributed by atoms with Gasteiger partial charge in [-0.15, -0.1) is 0 Å². The van der Waals surface area contributed by atoms with E-state index in [1.807, 2.05) is 98.8 Å². The van der Waals surface area contributed by atoms with E-state index in [0.717, 1.165) is 5.56 Å². The maximum atomic E-state index is 13.7. The molecule has 27 heavy (non-hydrogen) atoms. The molecule has 3 nitrogen and oxygen atoms in total. The van der Waals surface area contributed by atoms with E-state index in [2.05, 4.69) is 0 Å². The Kier molecular flexibility index (Phi) is 5.52. The van der Waals surface area contributed by atoms with Crippen molar-refractivity contribution in [2.45, 2.75) is 18.4 Å². The second kappa shape index (κ2) is 7.85. The molecule has 0 fully saturated rings. The van der Waals surface area contributed by atoms with Crippen LogP contribution in [0.15, 0.2) is 85.0 Å². The molecule has 3 heteroatoms. The Bertz CT molecular complexity index is 868. The average Bonchev–Trinajstić information content (AvgIpc) is 2.69. The lowest BCUT2D eigenvalue weighted by atomic mass is 9.72. The van der Waals surface area contributed by atoms with Gasteiger partial charge in [0.15, 0.2) is 11.6 Å². The highest BCUT2D eigenvalue weighted by Gasteiger charge is 2.43. The third-order valence-electron chi connectivity index (χ3n) is 5.49. The summed E-state index contributed by atoms with van der Waals surface area (Å²) in [6.07, 6.45) is 7.80. The predicted octanol–water partition coefficient (Wildman–Crippen LogP) is 4.28. The van der Waals surface area contributed by atoms with Gasteiger partial charge in [-0.1, -0.05) is 85.0 Å². The lowest BCUT2D eigenvalue weighted by molar-refractivity contribution is -0.124. The number of carbonyl (C=O) groups excluding carboxylic acids is 2. The minimum atomic E-state index is -0.825. The fraction of sp³-hybridized carbons (Fsp3) is 0.250. The van der Waals surface area contributed by atoms with Crippen molar-refractivity contribution in [2.75, 3.05) is 14.1 Å². The van der Waals surface area contributed by atoms with E-state index in [1.165, 1.54) is 0 Å². The number of likely N-dealkylation sites (N-methyl/N-ethyl adjacent to an activating group) is 1. The number of benzene rings is 2. The molecule has 0 bridgehead atoms. The highest BCUT2D eigenvalue weighted by Crippen LogP contribution is 2.35. The smallest absolute Gasteiger partial charge is 0.177 e. The van der Waals surface area contributed by atoms with E-state index in [9.17, 15) is 9.59 Å². The highest BCUT2D eigenvalue weighted by atomic mass is 16.2. The molecule has 3 unspecified atom stereocenters. The van der Waals surface area contributed by atoms with Crippen LogP contribution in [0.3, 0.4) is 0 Å². The predicted molar refractivity (Wildman–Crippen MR) is 109 cm³/mol. The zero-order chi connectivity index (χ0) is 19.4. The first-order valence-electron chi connectivity index (χ1n) is 9.16. The van der Waals surface area contributed by atoms with Gasteiger partial charge in [0.25, 0.3) is 0 Å². The topological polar surface area (TPSA) is 37.4 Å². The Hall–Kier alpha value is -2.78. The standard InChI is InChI=1S/C24H25NO2/c1-24(25(2)3)17-11-10-16-20(24)23(27)21(18-12-6-4-7-13-18)22(26)19-14-8-5-9-15-19/h4-17,20-21H,1-3H3. The van der Waals surface area contributed by atoms with Gasteiger partial charge in [0, 0.05) is 11.1 Å². The second-order valence-electron chi connectivity index (χ2n) is 7.32. The van der Waals surface area contributed by atoms with E-state index >= 15 is 0 Å². The van der Waals surface area contributed by atoms with Crippen LogP contribution in [-0.4, -0.2) is 36.1 Å². The van der Waals surface area contributed by atoms with Crippen molar-refractivity contribution in [1.82, 2.24) is 4.90 Å². The normalized spacial score (nSPS) is 22.6. The molecule has 0 saturated heterocycles. The highest BCUT2D eigenvalue weighted by molar-refractivity contribution is 6.16. The number of carbonyl (C=O) groups is 2. The molecular weight excluding hydrogens is 334 g/mol. The Morgan fingerprint density at radius 2 is 1.52 bits per heavy atom. The lowest BCUT2D eigenvalue weighted by Gasteiger charge is -2.41. The van der Waals surface area contributed by atoms with Crippen LogP contribution in [0.25, 0.3) is 0 Å². The summed E-state index contributed by atoms with van der Waals surface area (Å²) in [7, 11) is 3.92. The minimum absolute atomic E-state index is 0.0770. The van der Waals surface area contributed by atoms with Gasteiger partial charge in [-0.25, -0.2) is 0 Å². The van der Waals surface area contributed by atoms with Gasteiger partial charge in [0.05, 0.1) is 5.92 Å².